The van der Waals surface area contributed by atoms with E-state index in [4.69, 9.17) is 27.9 Å². The molecule has 0 N–H and O–H groups in total. The summed E-state index contributed by atoms with van der Waals surface area (Å²) >= 11 is 12.0. The molecule has 0 bridgehead atoms. The third-order valence-corrected chi connectivity index (χ3v) is 6.15. The number of hydrogen-bond donors (Lipinski definition) is 0. The van der Waals surface area contributed by atoms with E-state index in [-0.39, 0.29) is 18.4 Å². The van der Waals surface area contributed by atoms with E-state index in [1.54, 1.807) is 23.2 Å². The molecule has 0 radical (unpaired) electrons. The van der Waals surface area contributed by atoms with Gasteiger partial charge in [0.1, 0.15) is 17.6 Å². The first-order valence-electron chi connectivity index (χ1n) is 9.39. The SMILES string of the molecule is Cc1cc(Cl)cnc1N1CC(=O)N(Cc2ccc(Cl)cc2)[C@](C=O)(C2COC2)C1. The summed E-state index contributed by atoms with van der Waals surface area (Å²) in [6.07, 6.45) is 2.47. The van der Waals surface area contributed by atoms with Crippen molar-refractivity contribution in [2.24, 2.45) is 5.92 Å². The first-order valence-corrected chi connectivity index (χ1v) is 10.1. The van der Waals surface area contributed by atoms with Crippen molar-refractivity contribution in [1.29, 1.82) is 0 Å². The Labute approximate surface area is 179 Å². The zero-order valence-corrected chi connectivity index (χ0v) is 17.5. The molecule has 1 atom stereocenters. The highest BCUT2D eigenvalue weighted by Crippen LogP contribution is 2.36. The van der Waals surface area contributed by atoms with Crippen LogP contribution in [0.3, 0.4) is 0 Å². The molecule has 6 nitrogen and oxygen atoms in total. The average molecular weight is 434 g/mol. The van der Waals surface area contributed by atoms with Gasteiger partial charge >= 0.3 is 0 Å². The maximum Gasteiger partial charge on any atom is 0.243 e. The fourth-order valence-electron chi connectivity index (χ4n) is 4.02. The van der Waals surface area contributed by atoms with Crippen LogP contribution in [0.4, 0.5) is 5.82 Å². The largest absolute Gasteiger partial charge is 0.380 e. The molecule has 2 aliphatic heterocycles. The molecule has 1 aromatic heterocycles. The van der Waals surface area contributed by atoms with E-state index in [1.165, 1.54) is 0 Å². The lowest BCUT2D eigenvalue weighted by Crippen LogP contribution is -2.71. The second-order valence-electron chi connectivity index (χ2n) is 7.60. The molecule has 4 rings (SSSR count). The van der Waals surface area contributed by atoms with Gasteiger partial charge in [-0.1, -0.05) is 35.3 Å². The number of nitrogens with zero attached hydrogens (tertiary/aromatic N) is 3. The summed E-state index contributed by atoms with van der Waals surface area (Å²) in [7, 11) is 0. The van der Waals surface area contributed by atoms with Crippen LogP contribution in [0.1, 0.15) is 11.1 Å². The lowest BCUT2D eigenvalue weighted by atomic mass is 9.79. The molecule has 2 aliphatic rings. The number of pyridine rings is 1. The molecular formula is C21H21Cl2N3O3. The van der Waals surface area contributed by atoms with Gasteiger partial charge in [-0.25, -0.2) is 4.98 Å². The van der Waals surface area contributed by atoms with Gasteiger partial charge in [0.05, 0.1) is 31.3 Å². The summed E-state index contributed by atoms with van der Waals surface area (Å²) in [4.78, 5) is 33.7. The summed E-state index contributed by atoms with van der Waals surface area (Å²) in [5, 5.41) is 1.16. The summed E-state index contributed by atoms with van der Waals surface area (Å²) in [6, 6.07) is 9.13. The molecular weight excluding hydrogens is 413 g/mol. The number of anilines is 1. The molecule has 2 fully saturated rings. The molecule has 8 heteroatoms. The van der Waals surface area contributed by atoms with Gasteiger partial charge in [-0.15, -0.1) is 0 Å². The standard InChI is InChI=1S/C21H21Cl2N3O3/c1-14-6-18(23)7-24-20(14)25-9-19(28)26(8-15-2-4-17(22)5-3-15)21(12-25,13-27)16-10-29-11-16/h2-7,13,16H,8-12H2,1H3/t21-/m1/s1. The van der Waals surface area contributed by atoms with Crippen molar-refractivity contribution in [3.8, 4) is 0 Å². The van der Waals surface area contributed by atoms with Crippen molar-refractivity contribution >= 4 is 41.2 Å². The topological polar surface area (TPSA) is 62.7 Å². The first kappa shape index (κ1) is 20.1. The Bertz CT molecular complexity index is 933. The lowest BCUT2D eigenvalue weighted by molar-refractivity contribution is -0.163. The third kappa shape index (κ3) is 3.72. The normalized spacial score (nSPS) is 22.5. The number of rotatable bonds is 5. The van der Waals surface area contributed by atoms with E-state index in [9.17, 15) is 9.59 Å². The molecule has 152 valence electrons. The van der Waals surface area contributed by atoms with Crippen LogP contribution in [0.25, 0.3) is 0 Å². The van der Waals surface area contributed by atoms with Crippen LogP contribution in [0.5, 0.6) is 0 Å². The fraction of sp³-hybridized carbons (Fsp3) is 0.381. The van der Waals surface area contributed by atoms with Gasteiger partial charge < -0.3 is 19.3 Å². The quantitative estimate of drug-likeness (QED) is 0.677. The van der Waals surface area contributed by atoms with Gasteiger partial charge in [-0.2, -0.15) is 0 Å². The first-order chi connectivity index (χ1) is 13.9. The lowest BCUT2D eigenvalue weighted by Gasteiger charge is -2.53. The van der Waals surface area contributed by atoms with E-state index in [1.807, 2.05) is 30.0 Å². The van der Waals surface area contributed by atoms with Gasteiger partial charge in [-0.3, -0.25) is 4.79 Å². The molecule has 0 spiro atoms. The molecule has 2 saturated heterocycles. The van der Waals surface area contributed by atoms with Crippen LogP contribution in [-0.2, 0) is 20.9 Å². The van der Waals surface area contributed by atoms with Gasteiger partial charge in [0, 0.05) is 23.7 Å². The Kier molecular flexibility index (Phi) is 5.51. The van der Waals surface area contributed by atoms with Crippen LogP contribution in [0, 0.1) is 12.8 Å². The number of hydrogen-bond acceptors (Lipinski definition) is 5. The molecule has 0 saturated carbocycles. The Balaban J connectivity index is 1.69. The van der Waals surface area contributed by atoms with Gasteiger partial charge in [0.25, 0.3) is 0 Å². The molecule has 1 aromatic carbocycles. The van der Waals surface area contributed by atoms with E-state index >= 15 is 0 Å². The fourth-order valence-corrected chi connectivity index (χ4v) is 4.36. The Morgan fingerprint density at radius 3 is 2.55 bits per heavy atom. The number of benzene rings is 1. The number of carbonyl (C=O) groups is 2. The Morgan fingerprint density at radius 1 is 1.24 bits per heavy atom. The highest BCUT2D eigenvalue weighted by Gasteiger charge is 2.53. The number of piperazine rings is 1. The van der Waals surface area contributed by atoms with Crippen molar-refractivity contribution in [2.75, 3.05) is 31.2 Å². The Morgan fingerprint density at radius 2 is 1.97 bits per heavy atom. The summed E-state index contributed by atoms with van der Waals surface area (Å²) in [5.41, 5.74) is 0.797. The number of aryl methyl sites for hydroxylation is 1. The average Bonchev–Trinajstić information content (AvgIpc) is 2.64. The van der Waals surface area contributed by atoms with Gasteiger partial charge in [0.2, 0.25) is 5.91 Å². The number of halogens is 2. The highest BCUT2D eigenvalue weighted by atomic mass is 35.5. The summed E-state index contributed by atoms with van der Waals surface area (Å²) in [6.45, 7) is 3.64. The maximum absolute atomic E-state index is 13.3. The predicted molar refractivity (Wildman–Crippen MR) is 111 cm³/mol. The van der Waals surface area contributed by atoms with Crippen LogP contribution in [0.15, 0.2) is 36.5 Å². The number of amides is 1. The smallest absolute Gasteiger partial charge is 0.243 e. The minimum Gasteiger partial charge on any atom is -0.380 e. The molecule has 0 unspecified atom stereocenters. The molecule has 0 aliphatic carbocycles. The second kappa shape index (κ2) is 7.94. The van der Waals surface area contributed by atoms with Crippen LogP contribution in [-0.4, -0.2) is 53.9 Å². The molecule has 29 heavy (non-hydrogen) atoms. The van der Waals surface area contributed by atoms with Crippen LogP contribution in [0.2, 0.25) is 10.0 Å². The highest BCUT2D eigenvalue weighted by molar-refractivity contribution is 6.30. The van der Waals surface area contributed by atoms with E-state index in [2.05, 4.69) is 4.98 Å². The summed E-state index contributed by atoms with van der Waals surface area (Å²) < 4.78 is 5.38. The number of aromatic nitrogens is 1. The van der Waals surface area contributed by atoms with Crippen molar-refractivity contribution in [1.82, 2.24) is 9.88 Å². The zero-order chi connectivity index (χ0) is 20.6. The summed E-state index contributed by atoms with van der Waals surface area (Å²) in [5.74, 6) is 0.480. The number of ether oxygens (including phenoxy) is 1. The maximum atomic E-state index is 13.3. The van der Waals surface area contributed by atoms with Crippen molar-refractivity contribution in [2.45, 2.75) is 19.0 Å². The minimum absolute atomic E-state index is 0.0633. The van der Waals surface area contributed by atoms with Gasteiger partial charge in [0.15, 0.2) is 0 Å². The predicted octanol–water partition coefficient (Wildman–Crippen LogP) is 3.13. The van der Waals surface area contributed by atoms with E-state index in [0.29, 0.717) is 42.2 Å². The number of carbonyl (C=O) groups excluding carboxylic acids is 2. The minimum atomic E-state index is -0.985. The van der Waals surface area contributed by atoms with Crippen LogP contribution >= 0.6 is 23.2 Å². The van der Waals surface area contributed by atoms with E-state index in [0.717, 1.165) is 17.4 Å². The third-order valence-electron chi connectivity index (χ3n) is 5.69. The van der Waals surface area contributed by atoms with Crippen molar-refractivity contribution in [3.63, 3.8) is 0 Å². The number of aldehydes is 1. The zero-order valence-electron chi connectivity index (χ0n) is 16.0. The second-order valence-corrected chi connectivity index (χ2v) is 8.47. The van der Waals surface area contributed by atoms with Gasteiger partial charge in [-0.05, 0) is 36.2 Å². The van der Waals surface area contributed by atoms with Crippen molar-refractivity contribution < 1.29 is 14.3 Å². The molecule has 3 heterocycles. The van der Waals surface area contributed by atoms with Crippen LogP contribution < -0.4 is 4.90 Å². The van der Waals surface area contributed by atoms with Crippen molar-refractivity contribution in [3.05, 3.63) is 57.7 Å². The van der Waals surface area contributed by atoms with E-state index < -0.39 is 5.54 Å². The monoisotopic (exact) mass is 433 g/mol. The Hall–Kier alpha value is -2.15. The molecule has 2 aromatic rings. The molecule has 1 amide bonds.